The Labute approximate surface area is 115 Å². The Morgan fingerprint density at radius 2 is 1.79 bits per heavy atom. The number of likely N-dealkylation sites (tertiary alicyclic amines) is 1. The zero-order valence-electron chi connectivity index (χ0n) is 11.5. The largest absolute Gasteiger partial charge is 0.387 e. The molecule has 2 fully saturated rings. The number of hydrogen-bond donors (Lipinski definition) is 1. The molecule has 1 aromatic carbocycles. The molecule has 0 bridgehead atoms. The van der Waals surface area contributed by atoms with Crippen molar-refractivity contribution in [2.45, 2.75) is 38.3 Å². The number of aliphatic imine (C=N–C) groups is 1. The van der Waals surface area contributed by atoms with E-state index in [1.165, 1.54) is 18.4 Å². The first kappa shape index (κ1) is 12.7. The average Bonchev–Trinajstić information content (AvgIpc) is 3.27. The van der Waals surface area contributed by atoms with Gasteiger partial charge in [0.15, 0.2) is 0 Å². The summed E-state index contributed by atoms with van der Waals surface area (Å²) in [5, 5.41) is 0. The molecule has 0 radical (unpaired) electrons. The van der Waals surface area contributed by atoms with E-state index in [2.05, 4.69) is 35.2 Å². The van der Waals surface area contributed by atoms with Crippen LogP contribution in [0.3, 0.4) is 0 Å². The number of benzene rings is 1. The molecular formula is C16H23N3. The molecule has 0 spiro atoms. The first-order valence-electron chi connectivity index (χ1n) is 7.41. The number of nitrogens with two attached hydrogens (primary N) is 1. The van der Waals surface area contributed by atoms with Crippen LogP contribution in [0.15, 0.2) is 35.3 Å². The van der Waals surface area contributed by atoms with E-state index in [1.54, 1.807) is 0 Å². The topological polar surface area (TPSA) is 41.6 Å². The van der Waals surface area contributed by atoms with Gasteiger partial charge in [0.1, 0.15) is 0 Å². The second-order valence-electron chi connectivity index (χ2n) is 5.82. The summed E-state index contributed by atoms with van der Waals surface area (Å²) in [6, 6.07) is 11.2. The van der Waals surface area contributed by atoms with Crippen LogP contribution in [-0.2, 0) is 6.54 Å². The molecule has 0 amide bonds. The Morgan fingerprint density at radius 1 is 1.11 bits per heavy atom. The van der Waals surface area contributed by atoms with E-state index in [-0.39, 0.29) is 0 Å². The van der Waals surface area contributed by atoms with Crippen LogP contribution in [-0.4, -0.2) is 29.9 Å². The maximum Gasteiger partial charge on any atom is 0.0971 e. The fraction of sp³-hybridized carbons (Fsp3) is 0.562. The second kappa shape index (κ2) is 5.74. The molecule has 3 rings (SSSR count). The summed E-state index contributed by atoms with van der Waals surface area (Å²) in [6.07, 6.45) is 4.81. The molecule has 0 aromatic heterocycles. The molecule has 3 heteroatoms. The maximum absolute atomic E-state index is 6.00. The van der Waals surface area contributed by atoms with Crippen molar-refractivity contribution in [2.24, 2.45) is 16.6 Å². The molecule has 102 valence electrons. The monoisotopic (exact) mass is 257 g/mol. The average molecular weight is 257 g/mol. The molecule has 1 saturated carbocycles. The Bertz CT molecular complexity index is 429. The third-order valence-corrected chi connectivity index (χ3v) is 4.13. The Kier molecular flexibility index (Phi) is 3.83. The molecule has 1 aliphatic carbocycles. The highest BCUT2D eigenvalue weighted by Crippen LogP contribution is 2.29. The second-order valence-corrected chi connectivity index (χ2v) is 5.82. The van der Waals surface area contributed by atoms with E-state index in [0.717, 1.165) is 38.3 Å². The lowest BCUT2D eigenvalue weighted by atomic mass is 10.0. The summed E-state index contributed by atoms with van der Waals surface area (Å²) < 4.78 is 0. The van der Waals surface area contributed by atoms with E-state index in [9.17, 15) is 0 Å². The summed E-state index contributed by atoms with van der Waals surface area (Å²) in [4.78, 5) is 7.23. The van der Waals surface area contributed by atoms with Gasteiger partial charge in [0.25, 0.3) is 0 Å². The van der Waals surface area contributed by atoms with Gasteiger partial charge in [-0.3, -0.25) is 9.89 Å². The van der Waals surface area contributed by atoms with E-state index in [4.69, 9.17) is 10.7 Å². The van der Waals surface area contributed by atoms with Gasteiger partial charge >= 0.3 is 0 Å². The molecule has 0 unspecified atom stereocenters. The Morgan fingerprint density at radius 3 is 2.42 bits per heavy atom. The Hall–Kier alpha value is -1.35. The first-order valence-corrected chi connectivity index (χ1v) is 7.41. The van der Waals surface area contributed by atoms with Crippen molar-refractivity contribution in [3.05, 3.63) is 35.9 Å². The molecule has 2 aliphatic rings. The molecule has 3 nitrogen and oxygen atoms in total. The minimum atomic E-state index is 0.465. The molecule has 1 heterocycles. The lowest BCUT2D eigenvalue weighted by molar-refractivity contribution is 0.206. The van der Waals surface area contributed by atoms with Crippen LogP contribution >= 0.6 is 0 Å². The number of rotatable bonds is 4. The van der Waals surface area contributed by atoms with E-state index in [1.807, 2.05) is 0 Å². The minimum absolute atomic E-state index is 0.465. The van der Waals surface area contributed by atoms with Gasteiger partial charge < -0.3 is 5.73 Å². The molecule has 1 aromatic rings. The molecular weight excluding hydrogens is 234 g/mol. The smallest absolute Gasteiger partial charge is 0.0971 e. The van der Waals surface area contributed by atoms with Crippen LogP contribution in [0, 0.1) is 5.92 Å². The minimum Gasteiger partial charge on any atom is -0.387 e. The molecule has 2 N–H and O–H groups in total. The van der Waals surface area contributed by atoms with Crippen LogP contribution in [0.2, 0.25) is 0 Å². The summed E-state index contributed by atoms with van der Waals surface area (Å²) >= 11 is 0. The Balaban J connectivity index is 1.48. The predicted molar refractivity (Wildman–Crippen MR) is 79.1 cm³/mol. The number of piperidine rings is 1. The van der Waals surface area contributed by atoms with E-state index < -0.39 is 0 Å². The molecule has 1 saturated heterocycles. The zero-order chi connectivity index (χ0) is 13.1. The van der Waals surface area contributed by atoms with Gasteiger partial charge in [0.05, 0.1) is 11.9 Å². The zero-order valence-corrected chi connectivity index (χ0v) is 11.5. The molecule has 1 aliphatic heterocycles. The van der Waals surface area contributed by atoms with E-state index in [0.29, 0.717) is 12.0 Å². The quantitative estimate of drug-likeness (QED) is 0.665. The van der Waals surface area contributed by atoms with Crippen molar-refractivity contribution in [1.29, 1.82) is 0 Å². The maximum atomic E-state index is 6.00. The standard InChI is InChI=1S/C16H23N3/c17-16(14-6-7-14)18-15-8-10-19(11-9-15)12-13-4-2-1-3-5-13/h1-5,14-15H,6-12H2,(H2,17,18). The van der Waals surface area contributed by atoms with Crippen molar-refractivity contribution in [3.8, 4) is 0 Å². The summed E-state index contributed by atoms with van der Waals surface area (Å²) in [6.45, 7) is 3.34. The van der Waals surface area contributed by atoms with Gasteiger partial charge in [-0.25, -0.2) is 0 Å². The van der Waals surface area contributed by atoms with Crippen LogP contribution in [0.4, 0.5) is 0 Å². The highest BCUT2D eigenvalue weighted by molar-refractivity contribution is 5.85. The van der Waals surface area contributed by atoms with Gasteiger partial charge in [0, 0.05) is 25.6 Å². The van der Waals surface area contributed by atoms with Gasteiger partial charge in [-0.05, 0) is 31.2 Å². The van der Waals surface area contributed by atoms with Crippen molar-refractivity contribution in [2.75, 3.05) is 13.1 Å². The number of hydrogen-bond acceptors (Lipinski definition) is 2. The van der Waals surface area contributed by atoms with Gasteiger partial charge in [0.2, 0.25) is 0 Å². The fourth-order valence-corrected chi connectivity index (χ4v) is 2.74. The highest BCUT2D eigenvalue weighted by Gasteiger charge is 2.27. The molecule has 0 atom stereocenters. The van der Waals surface area contributed by atoms with Crippen LogP contribution in [0.1, 0.15) is 31.2 Å². The summed E-state index contributed by atoms with van der Waals surface area (Å²) in [7, 11) is 0. The lowest BCUT2D eigenvalue weighted by Gasteiger charge is -2.30. The van der Waals surface area contributed by atoms with Crippen molar-refractivity contribution < 1.29 is 0 Å². The van der Waals surface area contributed by atoms with Gasteiger partial charge in [-0.1, -0.05) is 30.3 Å². The fourth-order valence-electron chi connectivity index (χ4n) is 2.74. The van der Waals surface area contributed by atoms with Gasteiger partial charge in [-0.15, -0.1) is 0 Å². The third-order valence-electron chi connectivity index (χ3n) is 4.13. The van der Waals surface area contributed by atoms with Crippen LogP contribution in [0.25, 0.3) is 0 Å². The van der Waals surface area contributed by atoms with E-state index >= 15 is 0 Å². The SMILES string of the molecule is NC(=NC1CCN(Cc2ccccc2)CC1)C1CC1. The third kappa shape index (κ3) is 3.57. The van der Waals surface area contributed by atoms with Crippen molar-refractivity contribution in [3.63, 3.8) is 0 Å². The van der Waals surface area contributed by atoms with Gasteiger partial charge in [-0.2, -0.15) is 0 Å². The van der Waals surface area contributed by atoms with Crippen molar-refractivity contribution >= 4 is 5.84 Å². The highest BCUT2D eigenvalue weighted by atomic mass is 15.1. The summed E-state index contributed by atoms with van der Waals surface area (Å²) in [5.41, 5.74) is 7.41. The number of amidine groups is 1. The van der Waals surface area contributed by atoms with Crippen LogP contribution in [0.5, 0.6) is 0 Å². The lowest BCUT2D eigenvalue weighted by Crippen LogP contribution is -2.35. The summed E-state index contributed by atoms with van der Waals surface area (Å²) in [5.74, 6) is 1.53. The number of nitrogens with zero attached hydrogens (tertiary/aromatic N) is 2. The molecule has 19 heavy (non-hydrogen) atoms. The predicted octanol–water partition coefficient (Wildman–Crippen LogP) is 2.42. The van der Waals surface area contributed by atoms with Crippen molar-refractivity contribution in [1.82, 2.24) is 4.90 Å². The van der Waals surface area contributed by atoms with Crippen LogP contribution < -0.4 is 5.73 Å². The first-order chi connectivity index (χ1) is 9.31. The normalized spacial score (nSPS) is 22.6.